The van der Waals surface area contributed by atoms with Gasteiger partial charge in [-0.05, 0) is 49.7 Å². The minimum Gasteiger partial charge on any atom is -0.494 e. The standard InChI is InChI=1S/C23H27N3O4/c1-2-30-20-11-9-19(10-12-20)23(29)26-14-6-13-25(15-16-26)21(27)17-24-22(28)18-7-4-3-5-8-18/h3-5,7-12H,2,6,13-17H2,1H3,(H,24,28). The lowest BCUT2D eigenvalue weighted by Gasteiger charge is -2.22. The molecule has 0 radical (unpaired) electrons. The number of ether oxygens (including phenoxy) is 1. The van der Waals surface area contributed by atoms with Gasteiger partial charge in [0.25, 0.3) is 11.8 Å². The first kappa shape index (κ1) is 21.4. The molecule has 30 heavy (non-hydrogen) atoms. The van der Waals surface area contributed by atoms with Gasteiger partial charge in [-0.1, -0.05) is 18.2 Å². The fourth-order valence-electron chi connectivity index (χ4n) is 3.37. The van der Waals surface area contributed by atoms with Crippen LogP contribution in [0.2, 0.25) is 0 Å². The second kappa shape index (κ2) is 10.4. The summed E-state index contributed by atoms with van der Waals surface area (Å²) < 4.78 is 5.42. The topological polar surface area (TPSA) is 79.0 Å². The van der Waals surface area contributed by atoms with Crippen molar-refractivity contribution in [2.45, 2.75) is 13.3 Å². The predicted octanol–water partition coefficient (Wildman–Crippen LogP) is 2.19. The van der Waals surface area contributed by atoms with E-state index < -0.39 is 0 Å². The monoisotopic (exact) mass is 409 g/mol. The summed E-state index contributed by atoms with van der Waals surface area (Å²) in [4.78, 5) is 40.9. The molecule has 1 saturated heterocycles. The van der Waals surface area contributed by atoms with Crippen LogP contribution in [0.25, 0.3) is 0 Å². The Bertz CT molecular complexity index is 868. The Hall–Kier alpha value is -3.35. The zero-order chi connectivity index (χ0) is 21.3. The van der Waals surface area contributed by atoms with Gasteiger partial charge in [-0.3, -0.25) is 14.4 Å². The molecule has 0 aromatic heterocycles. The fraction of sp³-hybridized carbons (Fsp3) is 0.348. The van der Waals surface area contributed by atoms with Crippen molar-refractivity contribution in [1.82, 2.24) is 15.1 Å². The van der Waals surface area contributed by atoms with E-state index in [-0.39, 0.29) is 24.3 Å². The lowest BCUT2D eigenvalue weighted by Crippen LogP contribution is -2.42. The zero-order valence-corrected chi connectivity index (χ0v) is 17.2. The fourth-order valence-corrected chi connectivity index (χ4v) is 3.37. The Labute approximate surface area is 176 Å². The number of nitrogens with zero attached hydrogens (tertiary/aromatic N) is 2. The maximum absolute atomic E-state index is 12.8. The van der Waals surface area contributed by atoms with Gasteiger partial charge in [0.2, 0.25) is 5.91 Å². The molecule has 0 aliphatic carbocycles. The Morgan fingerprint density at radius 2 is 1.53 bits per heavy atom. The van der Waals surface area contributed by atoms with Gasteiger partial charge < -0.3 is 19.9 Å². The number of rotatable bonds is 6. The van der Waals surface area contributed by atoms with Crippen molar-refractivity contribution in [1.29, 1.82) is 0 Å². The third-order valence-corrected chi connectivity index (χ3v) is 4.98. The summed E-state index contributed by atoms with van der Waals surface area (Å²) in [7, 11) is 0. The second-order valence-corrected chi connectivity index (χ2v) is 7.03. The summed E-state index contributed by atoms with van der Waals surface area (Å²) in [5.41, 5.74) is 1.13. The number of nitrogens with one attached hydrogen (secondary N) is 1. The first-order valence-electron chi connectivity index (χ1n) is 10.2. The van der Waals surface area contributed by atoms with E-state index >= 15 is 0 Å². The van der Waals surface area contributed by atoms with Crippen LogP contribution in [0.4, 0.5) is 0 Å². The highest BCUT2D eigenvalue weighted by atomic mass is 16.5. The molecule has 3 rings (SSSR count). The zero-order valence-electron chi connectivity index (χ0n) is 17.2. The maximum atomic E-state index is 12.8. The number of hydrogen-bond acceptors (Lipinski definition) is 4. The van der Waals surface area contributed by atoms with Gasteiger partial charge in [-0.2, -0.15) is 0 Å². The van der Waals surface area contributed by atoms with Gasteiger partial charge in [-0.15, -0.1) is 0 Å². The minimum absolute atomic E-state index is 0.0512. The lowest BCUT2D eigenvalue weighted by molar-refractivity contribution is -0.129. The summed E-state index contributed by atoms with van der Waals surface area (Å²) in [6, 6.07) is 15.9. The highest BCUT2D eigenvalue weighted by Gasteiger charge is 2.23. The van der Waals surface area contributed by atoms with Crippen LogP contribution < -0.4 is 10.1 Å². The molecule has 1 aliphatic rings. The van der Waals surface area contributed by atoms with Crippen LogP contribution in [-0.2, 0) is 4.79 Å². The third kappa shape index (κ3) is 5.59. The minimum atomic E-state index is -0.272. The van der Waals surface area contributed by atoms with Crippen LogP contribution in [0.1, 0.15) is 34.1 Å². The Morgan fingerprint density at radius 1 is 0.867 bits per heavy atom. The van der Waals surface area contributed by atoms with Gasteiger partial charge >= 0.3 is 0 Å². The summed E-state index contributed by atoms with van der Waals surface area (Å²) in [5.74, 6) is 0.268. The predicted molar refractivity (Wildman–Crippen MR) is 113 cm³/mol. The van der Waals surface area contributed by atoms with Crippen molar-refractivity contribution in [2.75, 3.05) is 39.3 Å². The molecule has 1 aliphatic heterocycles. The highest BCUT2D eigenvalue weighted by molar-refractivity contribution is 5.96. The third-order valence-electron chi connectivity index (χ3n) is 4.98. The van der Waals surface area contributed by atoms with Crippen LogP contribution in [0, 0.1) is 0 Å². The van der Waals surface area contributed by atoms with Crippen LogP contribution in [0.15, 0.2) is 54.6 Å². The van der Waals surface area contributed by atoms with Crippen LogP contribution in [0.5, 0.6) is 5.75 Å². The number of carbonyl (C=O) groups is 3. The average Bonchev–Trinajstić information content (AvgIpc) is 3.04. The Morgan fingerprint density at radius 3 is 2.23 bits per heavy atom. The summed E-state index contributed by atoms with van der Waals surface area (Å²) in [5, 5.41) is 2.67. The SMILES string of the molecule is CCOc1ccc(C(=O)N2CCCN(C(=O)CNC(=O)c3ccccc3)CC2)cc1. The molecule has 2 aromatic carbocycles. The summed E-state index contributed by atoms with van der Waals surface area (Å²) in [6.45, 7) is 4.50. The molecular formula is C23H27N3O4. The molecule has 7 nitrogen and oxygen atoms in total. The molecule has 7 heteroatoms. The number of benzene rings is 2. The Balaban J connectivity index is 1.50. The molecule has 0 bridgehead atoms. The van der Waals surface area contributed by atoms with Gasteiger partial charge in [0.05, 0.1) is 13.2 Å². The maximum Gasteiger partial charge on any atom is 0.253 e. The molecule has 1 heterocycles. The van der Waals surface area contributed by atoms with E-state index in [1.165, 1.54) is 0 Å². The first-order chi connectivity index (χ1) is 14.6. The second-order valence-electron chi connectivity index (χ2n) is 7.03. The van der Waals surface area contributed by atoms with Crippen molar-refractivity contribution in [3.8, 4) is 5.75 Å². The van der Waals surface area contributed by atoms with E-state index in [9.17, 15) is 14.4 Å². The van der Waals surface area contributed by atoms with Crippen LogP contribution in [0.3, 0.4) is 0 Å². The van der Waals surface area contributed by atoms with Gasteiger partial charge in [0, 0.05) is 37.3 Å². The molecule has 2 aromatic rings. The van der Waals surface area contributed by atoms with E-state index in [0.29, 0.717) is 50.3 Å². The molecule has 3 amide bonds. The average molecular weight is 409 g/mol. The quantitative estimate of drug-likeness (QED) is 0.793. The molecule has 1 fully saturated rings. The van der Waals surface area contributed by atoms with Crippen molar-refractivity contribution in [3.63, 3.8) is 0 Å². The Kier molecular flexibility index (Phi) is 7.43. The number of amides is 3. The molecule has 158 valence electrons. The van der Waals surface area contributed by atoms with Crippen LogP contribution in [-0.4, -0.2) is 66.9 Å². The molecule has 0 saturated carbocycles. The number of hydrogen-bond donors (Lipinski definition) is 1. The highest BCUT2D eigenvalue weighted by Crippen LogP contribution is 2.15. The van der Waals surface area contributed by atoms with E-state index in [2.05, 4.69) is 5.32 Å². The van der Waals surface area contributed by atoms with Crippen molar-refractivity contribution >= 4 is 17.7 Å². The van der Waals surface area contributed by atoms with Crippen molar-refractivity contribution in [3.05, 3.63) is 65.7 Å². The summed E-state index contributed by atoms with van der Waals surface area (Å²) in [6.07, 6.45) is 0.696. The largest absolute Gasteiger partial charge is 0.494 e. The first-order valence-corrected chi connectivity index (χ1v) is 10.2. The molecule has 0 spiro atoms. The van der Waals surface area contributed by atoms with Crippen LogP contribution >= 0.6 is 0 Å². The van der Waals surface area contributed by atoms with E-state index in [1.54, 1.807) is 58.3 Å². The molecule has 0 unspecified atom stereocenters. The smallest absolute Gasteiger partial charge is 0.253 e. The lowest BCUT2D eigenvalue weighted by atomic mass is 10.2. The molecule has 0 atom stereocenters. The van der Waals surface area contributed by atoms with Gasteiger partial charge in [0.1, 0.15) is 5.75 Å². The van der Waals surface area contributed by atoms with Gasteiger partial charge in [-0.25, -0.2) is 0 Å². The van der Waals surface area contributed by atoms with E-state index in [1.807, 2.05) is 13.0 Å². The molecule has 1 N–H and O–H groups in total. The van der Waals surface area contributed by atoms with Gasteiger partial charge in [0.15, 0.2) is 0 Å². The van der Waals surface area contributed by atoms with E-state index in [4.69, 9.17) is 4.74 Å². The van der Waals surface area contributed by atoms with Crippen molar-refractivity contribution < 1.29 is 19.1 Å². The normalized spacial score (nSPS) is 14.0. The molecular weight excluding hydrogens is 382 g/mol. The summed E-state index contributed by atoms with van der Waals surface area (Å²) >= 11 is 0. The van der Waals surface area contributed by atoms with Crippen molar-refractivity contribution in [2.24, 2.45) is 0 Å². The van der Waals surface area contributed by atoms with E-state index in [0.717, 1.165) is 5.75 Å². The number of carbonyl (C=O) groups excluding carboxylic acids is 3.